The molecule has 0 aliphatic heterocycles. The third kappa shape index (κ3) is 2.69. The minimum atomic E-state index is 0.400. The Morgan fingerprint density at radius 2 is 2.29 bits per heavy atom. The number of hydrogen-bond acceptors (Lipinski definition) is 3. The third-order valence-electron chi connectivity index (χ3n) is 3.91. The summed E-state index contributed by atoms with van der Waals surface area (Å²) in [6, 6.07) is 2.62. The van der Waals surface area contributed by atoms with Gasteiger partial charge in [0.2, 0.25) is 0 Å². The molecule has 17 heavy (non-hydrogen) atoms. The lowest BCUT2D eigenvalue weighted by molar-refractivity contribution is 0.439. The molecule has 3 atom stereocenters. The SMILES string of the molecule is CCc1cc(CC(NN)C2CC2C)n(CC)n1. The molecule has 0 amide bonds. The highest BCUT2D eigenvalue weighted by Crippen LogP contribution is 2.41. The van der Waals surface area contributed by atoms with Gasteiger partial charge in [-0.05, 0) is 37.7 Å². The average molecular weight is 236 g/mol. The topological polar surface area (TPSA) is 55.9 Å². The van der Waals surface area contributed by atoms with Crippen molar-refractivity contribution in [2.24, 2.45) is 17.7 Å². The smallest absolute Gasteiger partial charge is 0.0624 e. The summed E-state index contributed by atoms with van der Waals surface area (Å²) < 4.78 is 2.11. The van der Waals surface area contributed by atoms with E-state index in [0.717, 1.165) is 31.2 Å². The van der Waals surface area contributed by atoms with Crippen LogP contribution in [-0.2, 0) is 19.4 Å². The maximum Gasteiger partial charge on any atom is 0.0624 e. The van der Waals surface area contributed by atoms with E-state index in [1.54, 1.807) is 0 Å². The van der Waals surface area contributed by atoms with E-state index in [-0.39, 0.29) is 0 Å². The molecule has 1 aliphatic carbocycles. The van der Waals surface area contributed by atoms with Crippen LogP contribution in [0.5, 0.6) is 0 Å². The van der Waals surface area contributed by atoms with E-state index in [1.165, 1.54) is 17.8 Å². The van der Waals surface area contributed by atoms with E-state index < -0.39 is 0 Å². The first-order valence-electron chi connectivity index (χ1n) is 6.71. The fourth-order valence-electron chi connectivity index (χ4n) is 2.60. The number of rotatable bonds is 6. The van der Waals surface area contributed by atoms with Crippen molar-refractivity contribution in [3.05, 3.63) is 17.5 Å². The van der Waals surface area contributed by atoms with Crippen molar-refractivity contribution in [1.29, 1.82) is 0 Å². The minimum Gasteiger partial charge on any atom is -0.271 e. The summed E-state index contributed by atoms with van der Waals surface area (Å²) in [5.74, 6) is 7.24. The first-order chi connectivity index (χ1) is 8.19. The summed E-state index contributed by atoms with van der Waals surface area (Å²) in [5.41, 5.74) is 5.47. The van der Waals surface area contributed by atoms with Gasteiger partial charge in [0.15, 0.2) is 0 Å². The molecule has 1 aromatic rings. The number of aromatic nitrogens is 2. The summed E-state index contributed by atoms with van der Waals surface area (Å²) in [7, 11) is 0. The number of nitrogens with one attached hydrogen (secondary N) is 1. The van der Waals surface area contributed by atoms with Crippen molar-refractivity contribution in [2.45, 2.75) is 52.6 Å². The molecule has 0 saturated heterocycles. The molecule has 4 heteroatoms. The lowest BCUT2D eigenvalue weighted by Gasteiger charge is -2.16. The van der Waals surface area contributed by atoms with Gasteiger partial charge in [-0.1, -0.05) is 13.8 Å². The highest BCUT2D eigenvalue weighted by Gasteiger charge is 2.39. The second-order valence-electron chi connectivity index (χ2n) is 5.15. The number of aryl methyl sites for hydroxylation is 2. The molecule has 0 spiro atoms. The molecule has 1 fully saturated rings. The molecule has 1 heterocycles. The van der Waals surface area contributed by atoms with Gasteiger partial charge in [0.05, 0.1) is 5.69 Å². The van der Waals surface area contributed by atoms with Gasteiger partial charge in [-0.3, -0.25) is 16.0 Å². The van der Waals surface area contributed by atoms with E-state index in [1.807, 2.05) is 0 Å². The Labute approximate surface area is 104 Å². The monoisotopic (exact) mass is 236 g/mol. The molecule has 96 valence electrons. The first kappa shape index (κ1) is 12.6. The van der Waals surface area contributed by atoms with Crippen molar-refractivity contribution in [1.82, 2.24) is 15.2 Å². The Morgan fingerprint density at radius 3 is 2.76 bits per heavy atom. The van der Waals surface area contributed by atoms with E-state index >= 15 is 0 Å². The van der Waals surface area contributed by atoms with Crippen LogP contribution >= 0.6 is 0 Å². The molecule has 0 bridgehead atoms. The molecule has 4 nitrogen and oxygen atoms in total. The third-order valence-corrected chi connectivity index (χ3v) is 3.91. The van der Waals surface area contributed by atoms with Gasteiger partial charge < -0.3 is 0 Å². The number of nitrogens with zero attached hydrogens (tertiary/aromatic N) is 2. The fraction of sp³-hybridized carbons (Fsp3) is 0.769. The molecule has 2 rings (SSSR count). The molecule has 0 radical (unpaired) electrons. The van der Waals surface area contributed by atoms with Crippen molar-refractivity contribution in [2.75, 3.05) is 0 Å². The summed E-state index contributed by atoms with van der Waals surface area (Å²) in [6.07, 6.45) is 3.29. The summed E-state index contributed by atoms with van der Waals surface area (Å²) in [5, 5.41) is 4.58. The van der Waals surface area contributed by atoms with Gasteiger partial charge in [0, 0.05) is 24.7 Å². The first-order valence-corrected chi connectivity index (χ1v) is 6.71. The standard InChI is InChI=1S/C13H24N4/c1-4-10-7-11(17(5-2)16-10)8-13(15-14)12-6-9(12)3/h7,9,12-13,15H,4-6,8,14H2,1-3H3. The lowest BCUT2D eigenvalue weighted by atomic mass is 10.1. The molecular weight excluding hydrogens is 212 g/mol. The van der Waals surface area contributed by atoms with Crippen molar-refractivity contribution >= 4 is 0 Å². The zero-order valence-corrected chi connectivity index (χ0v) is 11.1. The number of nitrogens with two attached hydrogens (primary N) is 1. The maximum absolute atomic E-state index is 5.67. The fourth-order valence-corrected chi connectivity index (χ4v) is 2.60. The highest BCUT2D eigenvalue weighted by atomic mass is 15.3. The second-order valence-corrected chi connectivity index (χ2v) is 5.15. The van der Waals surface area contributed by atoms with Crippen LogP contribution in [0.2, 0.25) is 0 Å². The predicted molar refractivity (Wildman–Crippen MR) is 69.4 cm³/mol. The molecule has 1 aromatic heterocycles. The van der Waals surface area contributed by atoms with Crippen LogP contribution in [0.4, 0.5) is 0 Å². The summed E-state index contributed by atoms with van der Waals surface area (Å²) in [4.78, 5) is 0. The van der Waals surface area contributed by atoms with Crippen LogP contribution in [0.3, 0.4) is 0 Å². The van der Waals surface area contributed by atoms with Gasteiger partial charge in [-0.25, -0.2) is 0 Å². The maximum atomic E-state index is 5.67. The van der Waals surface area contributed by atoms with Gasteiger partial charge in [0.1, 0.15) is 0 Å². The zero-order valence-electron chi connectivity index (χ0n) is 11.1. The largest absolute Gasteiger partial charge is 0.271 e. The van der Waals surface area contributed by atoms with Crippen molar-refractivity contribution in [3.63, 3.8) is 0 Å². The van der Waals surface area contributed by atoms with Crippen molar-refractivity contribution < 1.29 is 0 Å². The van der Waals surface area contributed by atoms with Crippen molar-refractivity contribution in [3.8, 4) is 0 Å². The molecule has 1 saturated carbocycles. The Hall–Kier alpha value is -0.870. The lowest BCUT2D eigenvalue weighted by Crippen LogP contribution is -2.39. The quantitative estimate of drug-likeness (QED) is 0.581. The van der Waals surface area contributed by atoms with Gasteiger partial charge in [-0.15, -0.1) is 0 Å². The minimum absolute atomic E-state index is 0.400. The Balaban J connectivity index is 2.07. The van der Waals surface area contributed by atoms with Crippen LogP contribution in [-0.4, -0.2) is 15.8 Å². The number of hydrazine groups is 1. The van der Waals surface area contributed by atoms with Gasteiger partial charge in [0.25, 0.3) is 0 Å². The van der Waals surface area contributed by atoms with Crippen LogP contribution in [0.15, 0.2) is 6.07 Å². The van der Waals surface area contributed by atoms with Gasteiger partial charge in [-0.2, -0.15) is 5.10 Å². The Bertz CT molecular complexity index is 371. The van der Waals surface area contributed by atoms with Crippen LogP contribution in [0.1, 0.15) is 38.6 Å². The van der Waals surface area contributed by atoms with Crippen LogP contribution in [0, 0.1) is 11.8 Å². The highest BCUT2D eigenvalue weighted by molar-refractivity contribution is 5.13. The number of hydrogen-bond donors (Lipinski definition) is 2. The normalized spacial score (nSPS) is 24.9. The van der Waals surface area contributed by atoms with E-state index in [2.05, 4.69) is 42.0 Å². The molecule has 3 unspecified atom stereocenters. The van der Waals surface area contributed by atoms with E-state index in [0.29, 0.717) is 6.04 Å². The molecule has 0 aromatic carbocycles. The molecular formula is C13H24N4. The Kier molecular flexibility index (Phi) is 3.84. The predicted octanol–water partition coefficient (Wildman–Crippen LogP) is 1.50. The van der Waals surface area contributed by atoms with Crippen LogP contribution in [0.25, 0.3) is 0 Å². The summed E-state index contributed by atoms with van der Waals surface area (Å²) in [6.45, 7) is 7.52. The zero-order chi connectivity index (χ0) is 12.4. The van der Waals surface area contributed by atoms with Gasteiger partial charge >= 0.3 is 0 Å². The van der Waals surface area contributed by atoms with E-state index in [4.69, 9.17) is 5.84 Å². The molecule has 3 N–H and O–H groups in total. The second kappa shape index (κ2) is 5.19. The molecule has 1 aliphatic rings. The average Bonchev–Trinajstić information content (AvgIpc) is 2.93. The van der Waals surface area contributed by atoms with Crippen LogP contribution < -0.4 is 11.3 Å². The van der Waals surface area contributed by atoms with E-state index in [9.17, 15) is 0 Å². The Morgan fingerprint density at radius 1 is 1.59 bits per heavy atom. The summed E-state index contributed by atoms with van der Waals surface area (Å²) >= 11 is 0.